The van der Waals surface area contributed by atoms with Crippen molar-refractivity contribution in [1.82, 2.24) is 10.6 Å². The molecule has 0 saturated carbocycles. The number of methoxy groups -OCH3 is 1. The number of hydrogen-bond donors (Lipinski definition) is 3. The molecule has 1 aromatic rings. The van der Waals surface area contributed by atoms with Crippen molar-refractivity contribution in [1.29, 1.82) is 5.26 Å². The highest BCUT2D eigenvalue weighted by atomic mass is 16.5. The van der Waals surface area contributed by atoms with Gasteiger partial charge in [-0.1, -0.05) is 6.07 Å². The van der Waals surface area contributed by atoms with Gasteiger partial charge in [0.15, 0.2) is 11.5 Å². The number of phenols is 1. The van der Waals surface area contributed by atoms with E-state index in [1.807, 2.05) is 0 Å². The minimum atomic E-state index is -0.525. The number of rotatable bonds is 6. The first-order valence-electron chi connectivity index (χ1n) is 5.82. The second-order valence-electron chi connectivity index (χ2n) is 3.93. The molecule has 0 spiro atoms. The van der Waals surface area contributed by atoms with E-state index in [-0.39, 0.29) is 11.7 Å². The first-order chi connectivity index (χ1) is 9.08. The van der Waals surface area contributed by atoms with E-state index in [1.165, 1.54) is 20.1 Å². The zero-order valence-corrected chi connectivity index (χ0v) is 10.9. The molecule has 1 amide bonds. The van der Waals surface area contributed by atoms with E-state index >= 15 is 0 Å². The topological polar surface area (TPSA) is 94.4 Å². The molecule has 0 radical (unpaired) electrons. The number of carbonyl (C=O) groups is 1. The Morgan fingerprint density at radius 3 is 2.84 bits per heavy atom. The van der Waals surface area contributed by atoms with Crippen molar-refractivity contribution in [2.75, 3.05) is 20.2 Å². The molecule has 0 aliphatic rings. The zero-order chi connectivity index (χ0) is 14.3. The van der Waals surface area contributed by atoms with Crippen LogP contribution in [0.4, 0.5) is 0 Å². The Morgan fingerprint density at radius 1 is 1.53 bits per heavy atom. The lowest BCUT2D eigenvalue weighted by molar-refractivity contribution is -0.118. The maximum Gasteiger partial charge on any atom is 0.216 e. The van der Waals surface area contributed by atoms with E-state index < -0.39 is 6.04 Å². The van der Waals surface area contributed by atoms with Crippen molar-refractivity contribution in [2.45, 2.75) is 13.0 Å². The predicted octanol–water partition coefficient (Wildman–Crippen LogP) is 0.691. The number of carbonyl (C=O) groups excluding carboxylic acids is 1. The molecule has 19 heavy (non-hydrogen) atoms. The van der Waals surface area contributed by atoms with Crippen LogP contribution < -0.4 is 15.4 Å². The van der Waals surface area contributed by atoms with Gasteiger partial charge in [-0.15, -0.1) is 0 Å². The lowest BCUT2D eigenvalue weighted by Crippen LogP contribution is -2.32. The van der Waals surface area contributed by atoms with E-state index in [2.05, 4.69) is 16.7 Å². The van der Waals surface area contributed by atoms with Gasteiger partial charge in [0.25, 0.3) is 0 Å². The molecule has 0 fully saturated rings. The van der Waals surface area contributed by atoms with Gasteiger partial charge in [-0.05, 0) is 17.7 Å². The average Bonchev–Trinajstić information content (AvgIpc) is 2.39. The van der Waals surface area contributed by atoms with Gasteiger partial charge in [0.1, 0.15) is 6.04 Å². The molecule has 102 valence electrons. The summed E-state index contributed by atoms with van der Waals surface area (Å²) in [6.45, 7) is 2.36. The van der Waals surface area contributed by atoms with Gasteiger partial charge >= 0.3 is 0 Å². The smallest absolute Gasteiger partial charge is 0.216 e. The van der Waals surface area contributed by atoms with Crippen molar-refractivity contribution in [2.24, 2.45) is 0 Å². The van der Waals surface area contributed by atoms with Crippen LogP contribution in [0.2, 0.25) is 0 Å². The van der Waals surface area contributed by atoms with Crippen molar-refractivity contribution in [3.05, 3.63) is 23.8 Å². The molecule has 0 bridgehead atoms. The lowest BCUT2D eigenvalue weighted by atomic mass is 10.1. The summed E-state index contributed by atoms with van der Waals surface area (Å²) in [4.78, 5) is 10.7. The summed E-state index contributed by atoms with van der Waals surface area (Å²) >= 11 is 0. The van der Waals surface area contributed by atoms with Crippen LogP contribution in [-0.4, -0.2) is 31.2 Å². The van der Waals surface area contributed by atoms with Gasteiger partial charge in [-0.3, -0.25) is 10.1 Å². The van der Waals surface area contributed by atoms with Crippen molar-refractivity contribution >= 4 is 5.91 Å². The van der Waals surface area contributed by atoms with Gasteiger partial charge in [0.05, 0.1) is 13.2 Å². The second-order valence-corrected chi connectivity index (χ2v) is 3.93. The van der Waals surface area contributed by atoms with Gasteiger partial charge in [-0.25, -0.2) is 0 Å². The number of nitrogens with one attached hydrogen (secondary N) is 2. The molecule has 0 heterocycles. The SMILES string of the molecule is COc1cc(C(C#N)NCCNC(C)=O)ccc1O. The summed E-state index contributed by atoms with van der Waals surface area (Å²) in [5.41, 5.74) is 0.694. The fourth-order valence-electron chi connectivity index (χ4n) is 1.57. The molecule has 3 N–H and O–H groups in total. The Labute approximate surface area is 112 Å². The Hall–Kier alpha value is -2.26. The fourth-order valence-corrected chi connectivity index (χ4v) is 1.57. The molecule has 0 aliphatic heterocycles. The highest BCUT2D eigenvalue weighted by molar-refractivity contribution is 5.72. The lowest BCUT2D eigenvalue weighted by Gasteiger charge is -2.13. The van der Waals surface area contributed by atoms with Gasteiger partial charge < -0.3 is 15.2 Å². The molecule has 0 aromatic heterocycles. The number of benzene rings is 1. The number of nitrogens with zero attached hydrogens (tertiary/aromatic N) is 1. The maximum absolute atomic E-state index is 10.7. The molecule has 0 aliphatic carbocycles. The van der Waals surface area contributed by atoms with Crippen LogP contribution in [0.3, 0.4) is 0 Å². The summed E-state index contributed by atoms with van der Waals surface area (Å²) in [7, 11) is 1.45. The molecule has 1 rings (SSSR count). The molecule has 6 heteroatoms. The van der Waals surface area contributed by atoms with Crippen LogP contribution in [0.1, 0.15) is 18.5 Å². The Bertz CT molecular complexity index is 483. The van der Waals surface area contributed by atoms with Crippen molar-refractivity contribution < 1.29 is 14.6 Å². The van der Waals surface area contributed by atoms with Crippen LogP contribution in [0.25, 0.3) is 0 Å². The summed E-state index contributed by atoms with van der Waals surface area (Å²) in [6, 6.07) is 6.33. The van der Waals surface area contributed by atoms with E-state index in [9.17, 15) is 9.90 Å². The molecular weight excluding hydrogens is 246 g/mol. The summed E-state index contributed by atoms with van der Waals surface area (Å²) in [6.07, 6.45) is 0. The first kappa shape index (κ1) is 14.8. The fraction of sp³-hybridized carbons (Fsp3) is 0.385. The summed E-state index contributed by atoms with van der Waals surface area (Å²) in [5, 5.41) is 24.2. The zero-order valence-electron chi connectivity index (χ0n) is 10.9. The number of phenolic OH excluding ortho intramolecular Hbond substituents is 1. The Kier molecular flexibility index (Phi) is 5.64. The average molecular weight is 263 g/mol. The largest absolute Gasteiger partial charge is 0.504 e. The van der Waals surface area contributed by atoms with Crippen LogP contribution in [0.5, 0.6) is 11.5 Å². The van der Waals surface area contributed by atoms with E-state index in [0.29, 0.717) is 24.4 Å². The Balaban J connectivity index is 2.65. The number of amides is 1. The monoisotopic (exact) mass is 263 g/mol. The molecular formula is C13H17N3O3. The molecule has 6 nitrogen and oxygen atoms in total. The van der Waals surface area contributed by atoms with Gasteiger partial charge in [0, 0.05) is 20.0 Å². The number of nitriles is 1. The van der Waals surface area contributed by atoms with Crippen LogP contribution in [-0.2, 0) is 4.79 Å². The molecule has 0 saturated heterocycles. The number of aromatic hydroxyl groups is 1. The van der Waals surface area contributed by atoms with Crippen LogP contribution in [0.15, 0.2) is 18.2 Å². The number of hydrogen-bond acceptors (Lipinski definition) is 5. The van der Waals surface area contributed by atoms with E-state index in [4.69, 9.17) is 10.00 Å². The third-order valence-electron chi connectivity index (χ3n) is 2.51. The minimum Gasteiger partial charge on any atom is -0.504 e. The summed E-state index contributed by atoms with van der Waals surface area (Å²) in [5.74, 6) is 0.240. The predicted molar refractivity (Wildman–Crippen MR) is 69.7 cm³/mol. The molecule has 1 atom stereocenters. The second kappa shape index (κ2) is 7.24. The van der Waals surface area contributed by atoms with E-state index in [1.54, 1.807) is 12.1 Å². The maximum atomic E-state index is 10.7. The van der Waals surface area contributed by atoms with E-state index in [0.717, 1.165) is 0 Å². The standard InChI is InChI=1S/C13H17N3O3/c1-9(17)15-5-6-16-11(8-14)10-3-4-12(18)13(7-10)19-2/h3-4,7,11,16,18H,5-6H2,1-2H3,(H,15,17). The highest BCUT2D eigenvalue weighted by Crippen LogP contribution is 2.28. The highest BCUT2D eigenvalue weighted by Gasteiger charge is 2.12. The minimum absolute atomic E-state index is 0.0289. The number of ether oxygens (including phenoxy) is 1. The normalized spacial score (nSPS) is 11.4. The van der Waals surface area contributed by atoms with Crippen molar-refractivity contribution in [3.8, 4) is 17.6 Å². The van der Waals surface area contributed by atoms with Crippen LogP contribution in [0, 0.1) is 11.3 Å². The molecule has 1 aromatic carbocycles. The van der Waals surface area contributed by atoms with Gasteiger partial charge in [0.2, 0.25) is 5.91 Å². The molecule has 1 unspecified atom stereocenters. The third-order valence-corrected chi connectivity index (χ3v) is 2.51. The third kappa shape index (κ3) is 4.48. The van der Waals surface area contributed by atoms with Crippen molar-refractivity contribution in [3.63, 3.8) is 0 Å². The first-order valence-corrected chi connectivity index (χ1v) is 5.82. The van der Waals surface area contributed by atoms with Gasteiger partial charge in [-0.2, -0.15) is 5.26 Å². The summed E-state index contributed by atoms with van der Waals surface area (Å²) < 4.78 is 4.99. The quantitative estimate of drug-likeness (QED) is 0.656. The van der Waals surface area contributed by atoms with Crippen LogP contribution >= 0.6 is 0 Å². The Morgan fingerprint density at radius 2 is 2.26 bits per heavy atom.